The lowest BCUT2D eigenvalue weighted by molar-refractivity contribution is 0.135. The molecule has 3 nitrogen and oxygen atoms in total. The minimum atomic E-state index is 0.353. The van der Waals surface area contributed by atoms with Gasteiger partial charge < -0.3 is 10.2 Å². The summed E-state index contributed by atoms with van der Waals surface area (Å²) in [5, 5.41) is 3.68. The normalized spacial score (nSPS) is 27.1. The molecule has 0 radical (unpaired) electrons. The number of rotatable bonds is 7. The Hall–Kier alpha value is -0.120. The lowest BCUT2D eigenvalue weighted by Gasteiger charge is -2.37. The third-order valence-electron chi connectivity index (χ3n) is 5.66. The summed E-state index contributed by atoms with van der Waals surface area (Å²) in [7, 11) is 0. The van der Waals surface area contributed by atoms with Gasteiger partial charge in [-0.3, -0.25) is 4.90 Å². The van der Waals surface area contributed by atoms with Gasteiger partial charge >= 0.3 is 0 Å². The molecule has 2 aliphatic heterocycles. The second-order valence-electron chi connectivity index (χ2n) is 7.94. The Bertz CT molecular complexity index is 297. The van der Waals surface area contributed by atoms with E-state index >= 15 is 0 Å². The molecule has 0 aromatic heterocycles. The third-order valence-corrected chi connectivity index (χ3v) is 5.66. The second kappa shape index (κ2) is 7.94. The molecule has 3 heteroatoms. The molecule has 0 aromatic rings. The van der Waals surface area contributed by atoms with Crippen molar-refractivity contribution in [3.63, 3.8) is 0 Å². The molecule has 2 saturated heterocycles. The van der Waals surface area contributed by atoms with Crippen molar-refractivity contribution < 1.29 is 0 Å². The second-order valence-corrected chi connectivity index (χ2v) is 7.94. The first-order valence-electron chi connectivity index (χ1n) is 9.22. The molecule has 0 saturated carbocycles. The van der Waals surface area contributed by atoms with Gasteiger partial charge in [0, 0.05) is 25.2 Å². The molecule has 2 fully saturated rings. The highest BCUT2D eigenvalue weighted by atomic mass is 15.3. The van der Waals surface area contributed by atoms with E-state index in [1.807, 2.05) is 0 Å². The van der Waals surface area contributed by atoms with Crippen LogP contribution in [0, 0.1) is 5.41 Å². The monoisotopic (exact) mass is 295 g/mol. The molecule has 0 spiro atoms. The van der Waals surface area contributed by atoms with Crippen LogP contribution in [0.25, 0.3) is 0 Å². The lowest BCUT2D eigenvalue weighted by atomic mass is 9.84. The Morgan fingerprint density at radius 1 is 1.14 bits per heavy atom. The molecular formula is C18H37N3. The van der Waals surface area contributed by atoms with E-state index in [1.54, 1.807) is 0 Å². The predicted molar refractivity (Wildman–Crippen MR) is 91.8 cm³/mol. The first-order valence-corrected chi connectivity index (χ1v) is 9.22. The molecule has 0 amide bonds. The number of nitrogens with one attached hydrogen (secondary N) is 1. The van der Waals surface area contributed by atoms with Gasteiger partial charge in [0.15, 0.2) is 0 Å². The number of hydrogen-bond acceptors (Lipinski definition) is 3. The van der Waals surface area contributed by atoms with Gasteiger partial charge in [-0.1, -0.05) is 27.2 Å². The van der Waals surface area contributed by atoms with Crippen molar-refractivity contribution in [2.75, 3.05) is 39.3 Å². The fourth-order valence-corrected chi connectivity index (χ4v) is 3.89. The lowest BCUT2D eigenvalue weighted by Crippen LogP contribution is -2.47. The van der Waals surface area contributed by atoms with Crippen molar-refractivity contribution >= 4 is 0 Å². The maximum absolute atomic E-state index is 3.68. The first kappa shape index (κ1) is 17.2. The van der Waals surface area contributed by atoms with E-state index < -0.39 is 0 Å². The van der Waals surface area contributed by atoms with Gasteiger partial charge in [0.1, 0.15) is 0 Å². The van der Waals surface area contributed by atoms with Crippen molar-refractivity contribution in [3.8, 4) is 0 Å². The van der Waals surface area contributed by atoms with Crippen molar-refractivity contribution in [1.29, 1.82) is 0 Å². The SMILES string of the molecule is CCCNC(C)C(C)(C)CN1CCC(N2CCCCC2)C1. The van der Waals surface area contributed by atoms with Gasteiger partial charge in [-0.05, 0) is 64.2 Å². The van der Waals surface area contributed by atoms with Crippen LogP contribution in [0.1, 0.15) is 59.8 Å². The van der Waals surface area contributed by atoms with Gasteiger partial charge in [-0.25, -0.2) is 0 Å². The van der Waals surface area contributed by atoms with Gasteiger partial charge in [-0.15, -0.1) is 0 Å². The summed E-state index contributed by atoms with van der Waals surface area (Å²) >= 11 is 0. The van der Waals surface area contributed by atoms with E-state index in [-0.39, 0.29) is 0 Å². The Morgan fingerprint density at radius 2 is 1.86 bits per heavy atom. The highest BCUT2D eigenvalue weighted by Gasteiger charge is 2.33. The number of hydrogen-bond donors (Lipinski definition) is 1. The summed E-state index contributed by atoms with van der Waals surface area (Å²) in [5.41, 5.74) is 0.353. The molecule has 2 unspecified atom stereocenters. The largest absolute Gasteiger partial charge is 0.314 e. The van der Waals surface area contributed by atoms with E-state index in [0.29, 0.717) is 11.5 Å². The highest BCUT2D eigenvalue weighted by molar-refractivity contribution is 4.90. The first-order chi connectivity index (χ1) is 10.0. The van der Waals surface area contributed by atoms with Crippen molar-refractivity contribution in [2.45, 2.75) is 71.9 Å². The van der Waals surface area contributed by atoms with Crippen LogP contribution in [0.15, 0.2) is 0 Å². The summed E-state index contributed by atoms with van der Waals surface area (Å²) in [6, 6.07) is 1.42. The van der Waals surface area contributed by atoms with Gasteiger partial charge in [0.25, 0.3) is 0 Å². The zero-order valence-electron chi connectivity index (χ0n) is 14.8. The van der Waals surface area contributed by atoms with E-state index in [1.165, 1.54) is 64.8 Å². The minimum Gasteiger partial charge on any atom is -0.314 e. The predicted octanol–water partition coefficient (Wildman–Crippen LogP) is 2.96. The summed E-state index contributed by atoms with van der Waals surface area (Å²) < 4.78 is 0. The summed E-state index contributed by atoms with van der Waals surface area (Å²) in [6.07, 6.45) is 6.88. The maximum atomic E-state index is 3.68. The molecule has 0 bridgehead atoms. The fourth-order valence-electron chi connectivity index (χ4n) is 3.89. The van der Waals surface area contributed by atoms with Crippen LogP contribution in [-0.4, -0.2) is 61.2 Å². The van der Waals surface area contributed by atoms with E-state index in [9.17, 15) is 0 Å². The van der Waals surface area contributed by atoms with Crippen molar-refractivity contribution in [2.24, 2.45) is 5.41 Å². The topological polar surface area (TPSA) is 18.5 Å². The molecule has 21 heavy (non-hydrogen) atoms. The average Bonchev–Trinajstić information content (AvgIpc) is 2.93. The average molecular weight is 296 g/mol. The molecule has 2 aliphatic rings. The molecule has 2 atom stereocenters. The smallest absolute Gasteiger partial charge is 0.0235 e. The molecular weight excluding hydrogens is 258 g/mol. The van der Waals surface area contributed by atoms with Crippen LogP contribution in [0.2, 0.25) is 0 Å². The van der Waals surface area contributed by atoms with E-state index in [4.69, 9.17) is 0 Å². The van der Waals surface area contributed by atoms with Crippen molar-refractivity contribution in [3.05, 3.63) is 0 Å². The molecule has 0 aliphatic carbocycles. The quantitative estimate of drug-likeness (QED) is 0.779. The maximum Gasteiger partial charge on any atom is 0.0235 e. The van der Waals surface area contributed by atoms with Gasteiger partial charge in [0.2, 0.25) is 0 Å². The number of nitrogens with zero attached hydrogens (tertiary/aromatic N) is 2. The minimum absolute atomic E-state index is 0.353. The molecule has 0 aromatic carbocycles. The van der Waals surface area contributed by atoms with Crippen molar-refractivity contribution in [1.82, 2.24) is 15.1 Å². The Balaban J connectivity index is 1.78. The summed E-state index contributed by atoms with van der Waals surface area (Å²) in [4.78, 5) is 5.47. The Labute approximate surface area is 132 Å². The highest BCUT2D eigenvalue weighted by Crippen LogP contribution is 2.26. The van der Waals surface area contributed by atoms with Crippen LogP contribution in [0.3, 0.4) is 0 Å². The third kappa shape index (κ3) is 4.94. The van der Waals surface area contributed by atoms with Gasteiger partial charge in [0.05, 0.1) is 0 Å². The Kier molecular flexibility index (Phi) is 6.51. The Morgan fingerprint density at radius 3 is 2.52 bits per heavy atom. The number of piperidine rings is 1. The van der Waals surface area contributed by atoms with Crippen LogP contribution in [0.4, 0.5) is 0 Å². The fraction of sp³-hybridized carbons (Fsp3) is 1.00. The van der Waals surface area contributed by atoms with Crippen LogP contribution in [0.5, 0.6) is 0 Å². The van der Waals surface area contributed by atoms with Crippen LogP contribution >= 0.6 is 0 Å². The zero-order valence-corrected chi connectivity index (χ0v) is 14.8. The summed E-state index contributed by atoms with van der Waals surface area (Å²) in [6.45, 7) is 17.1. The molecule has 1 N–H and O–H groups in total. The summed E-state index contributed by atoms with van der Waals surface area (Å²) in [5.74, 6) is 0. The van der Waals surface area contributed by atoms with E-state index in [0.717, 1.165) is 12.6 Å². The molecule has 2 heterocycles. The van der Waals surface area contributed by atoms with Gasteiger partial charge in [-0.2, -0.15) is 0 Å². The van der Waals surface area contributed by atoms with E-state index in [2.05, 4.69) is 42.8 Å². The number of likely N-dealkylation sites (tertiary alicyclic amines) is 2. The van der Waals surface area contributed by atoms with Crippen LogP contribution < -0.4 is 5.32 Å². The zero-order chi connectivity index (χ0) is 15.3. The standard InChI is InChI=1S/C18H37N3/c1-5-10-19-16(2)18(3,4)15-20-13-9-17(14-20)21-11-7-6-8-12-21/h16-17,19H,5-15H2,1-4H3. The molecule has 124 valence electrons. The van der Waals surface area contributed by atoms with Crippen LogP contribution in [-0.2, 0) is 0 Å². The molecule has 2 rings (SSSR count).